The van der Waals surface area contributed by atoms with Crippen LogP contribution in [0.15, 0.2) is 60.9 Å². The zero-order valence-electron chi connectivity index (χ0n) is 13.9. The highest BCUT2D eigenvalue weighted by Gasteiger charge is 2.32. The Morgan fingerprint density at radius 1 is 1.08 bits per heavy atom. The van der Waals surface area contributed by atoms with Gasteiger partial charge in [0.1, 0.15) is 12.4 Å². The van der Waals surface area contributed by atoms with Crippen molar-refractivity contribution in [3.8, 4) is 11.4 Å². The Labute approximate surface area is 148 Å². The second-order valence-corrected chi connectivity index (χ2v) is 6.11. The lowest BCUT2D eigenvalue weighted by Crippen LogP contribution is -2.11. The van der Waals surface area contributed by atoms with Crippen LogP contribution in [-0.2, 0) is 6.18 Å². The molecule has 2 heterocycles. The fourth-order valence-electron chi connectivity index (χ4n) is 3.09. The summed E-state index contributed by atoms with van der Waals surface area (Å²) in [5.74, 6) is 0.730. The molecular weight excluding hydrogens is 341 g/mol. The summed E-state index contributed by atoms with van der Waals surface area (Å²) in [6.45, 7) is 2.33. The number of nitrogens with zero attached hydrogens (tertiary/aromatic N) is 2. The Hall–Kier alpha value is -3.02. The molecule has 0 saturated carbocycles. The lowest BCUT2D eigenvalue weighted by molar-refractivity contribution is -0.137. The molecule has 0 bridgehead atoms. The molecule has 0 atom stereocenters. The molecule has 1 aromatic heterocycles. The van der Waals surface area contributed by atoms with E-state index in [1.54, 1.807) is 18.5 Å². The molecule has 3 nitrogen and oxygen atoms in total. The van der Waals surface area contributed by atoms with Crippen molar-refractivity contribution in [2.75, 3.05) is 6.61 Å². The average Bonchev–Trinajstić information content (AvgIpc) is 3.14. The molecule has 0 radical (unpaired) electrons. The van der Waals surface area contributed by atoms with Gasteiger partial charge in [0, 0.05) is 23.5 Å². The third-order valence-corrected chi connectivity index (χ3v) is 4.32. The van der Waals surface area contributed by atoms with Gasteiger partial charge in [-0.1, -0.05) is 18.2 Å². The second-order valence-electron chi connectivity index (χ2n) is 6.11. The minimum atomic E-state index is -4.42. The number of halogens is 3. The van der Waals surface area contributed by atoms with E-state index in [0.717, 1.165) is 34.6 Å². The maximum atomic E-state index is 13.2. The monoisotopic (exact) mass is 356 g/mol. The van der Waals surface area contributed by atoms with Crippen LogP contribution >= 0.6 is 0 Å². The summed E-state index contributed by atoms with van der Waals surface area (Å²) in [4.78, 5) is 0. The highest BCUT2D eigenvalue weighted by atomic mass is 19.4. The quantitative estimate of drug-likeness (QED) is 0.644. The van der Waals surface area contributed by atoms with Crippen LogP contribution in [0.3, 0.4) is 0 Å². The highest BCUT2D eigenvalue weighted by Crippen LogP contribution is 2.39. The fraction of sp³-hybridized carbons (Fsp3) is 0.150. The number of fused-ring (bicyclic) bond motifs is 1. The van der Waals surface area contributed by atoms with E-state index in [-0.39, 0.29) is 0 Å². The Morgan fingerprint density at radius 3 is 2.62 bits per heavy atom. The van der Waals surface area contributed by atoms with Crippen LogP contribution in [0.1, 0.15) is 22.3 Å². The Kier molecular flexibility index (Phi) is 3.83. The van der Waals surface area contributed by atoms with Crippen molar-refractivity contribution in [3.63, 3.8) is 0 Å². The van der Waals surface area contributed by atoms with Crippen LogP contribution in [0.25, 0.3) is 11.3 Å². The third kappa shape index (κ3) is 2.87. The maximum absolute atomic E-state index is 13.2. The van der Waals surface area contributed by atoms with Gasteiger partial charge < -0.3 is 4.74 Å². The first kappa shape index (κ1) is 16.4. The maximum Gasteiger partial charge on any atom is 0.416 e. The van der Waals surface area contributed by atoms with E-state index in [0.29, 0.717) is 17.9 Å². The van der Waals surface area contributed by atoms with Crippen LogP contribution in [0.2, 0.25) is 0 Å². The van der Waals surface area contributed by atoms with E-state index >= 15 is 0 Å². The second kappa shape index (κ2) is 6.05. The van der Waals surface area contributed by atoms with Crippen molar-refractivity contribution >= 4 is 5.57 Å². The van der Waals surface area contributed by atoms with Crippen molar-refractivity contribution in [2.24, 2.45) is 0 Å². The van der Waals surface area contributed by atoms with E-state index in [9.17, 15) is 13.2 Å². The first-order chi connectivity index (χ1) is 12.4. The van der Waals surface area contributed by atoms with Gasteiger partial charge in [0.05, 0.1) is 11.3 Å². The summed E-state index contributed by atoms with van der Waals surface area (Å²) in [7, 11) is 0. The Balaban J connectivity index is 1.91. The minimum absolute atomic E-state index is 0.366. The molecule has 1 aliphatic heterocycles. The molecule has 2 aromatic carbocycles. The molecule has 0 N–H and O–H groups in total. The van der Waals surface area contributed by atoms with Crippen molar-refractivity contribution in [2.45, 2.75) is 13.1 Å². The van der Waals surface area contributed by atoms with E-state index in [1.807, 2.05) is 31.2 Å². The Bertz CT molecular complexity index is 989. The molecule has 0 amide bonds. The van der Waals surface area contributed by atoms with E-state index in [1.165, 1.54) is 10.7 Å². The van der Waals surface area contributed by atoms with Crippen molar-refractivity contribution in [3.05, 3.63) is 83.2 Å². The molecule has 26 heavy (non-hydrogen) atoms. The Morgan fingerprint density at radius 2 is 1.88 bits per heavy atom. The molecule has 6 heteroatoms. The SMILES string of the molecule is Cc1ccc2c(c1)OCC=C2c1ccc(C(F)(F)F)cc1-n1cccn1. The molecule has 0 unspecified atom stereocenters. The van der Waals surface area contributed by atoms with Crippen molar-refractivity contribution in [1.82, 2.24) is 9.78 Å². The number of rotatable bonds is 2. The van der Waals surface area contributed by atoms with Crippen molar-refractivity contribution < 1.29 is 17.9 Å². The zero-order chi connectivity index (χ0) is 18.3. The number of alkyl halides is 3. The van der Waals surface area contributed by atoms with E-state index in [2.05, 4.69) is 5.10 Å². The van der Waals surface area contributed by atoms with Gasteiger partial charge in [-0.2, -0.15) is 18.3 Å². The van der Waals surface area contributed by atoms with Crippen LogP contribution in [0.4, 0.5) is 13.2 Å². The van der Waals surface area contributed by atoms with Gasteiger partial charge in [-0.05, 0) is 48.4 Å². The summed E-state index contributed by atoms with van der Waals surface area (Å²) in [6.07, 6.45) is 0.640. The molecular formula is C20H15F3N2O. The standard InChI is InChI=1S/C20H15F3N2O/c1-13-3-5-17-15(7-10-26-19(17)11-13)16-6-4-14(20(21,22)23)12-18(16)25-9-2-8-24-25/h2-9,11-12H,10H2,1H3. The van der Waals surface area contributed by atoms with Gasteiger partial charge in [-0.3, -0.25) is 0 Å². The van der Waals surface area contributed by atoms with Crippen LogP contribution in [0, 0.1) is 6.92 Å². The van der Waals surface area contributed by atoms with E-state index in [4.69, 9.17) is 4.74 Å². The summed E-state index contributed by atoms with van der Waals surface area (Å²) in [5, 5.41) is 4.13. The van der Waals surface area contributed by atoms with E-state index < -0.39 is 11.7 Å². The van der Waals surface area contributed by atoms with Gasteiger partial charge in [0.15, 0.2) is 0 Å². The topological polar surface area (TPSA) is 27.1 Å². The summed E-state index contributed by atoms with van der Waals surface area (Å²) < 4.78 is 46.7. The molecule has 3 aromatic rings. The number of ether oxygens (including phenoxy) is 1. The first-order valence-electron chi connectivity index (χ1n) is 8.09. The molecule has 0 aliphatic carbocycles. The van der Waals surface area contributed by atoms with Crippen LogP contribution < -0.4 is 4.74 Å². The van der Waals surface area contributed by atoms with Gasteiger partial charge >= 0.3 is 6.18 Å². The number of hydrogen-bond donors (Lipinski definition) is 0. The first-order valence-corrected chi connectivity index (χ1v) is 8.09. The van der Waals surface area contributed by atoms with Gasteiger partial charge in [-0.15, -0.1) is 0 Å². The third-order valence-electron chi connectivity index (χ3n) is 4.32. The van der Waals surface area contributed by atoms with Gasteiger partial charge in [0.25, 0.3) is 0 Å². The summed E-state index contributed by atoms with van der Waals surface area (Å²) in [5.41, 5.74) is 3.10. The van der Waals surface area contributed by atoms with Crippen molar-refractivity contribution in [1.29, 1.82) is 0 Å². The molecule has 0 saturated heterocycles. The predicted molar refractivity (Wildman–Crippen MR) is 92.3 cm³/mol. The molecule has 0 fully saturated rings. The number of benzene rings is 2. The smallest absolute Gasteiger partial charge is 0.416 e. The predicted octanol–water partition coefficient (Wildman–Crippen LogP) is 5.02. The van der Waals surface area contributed by atoms with Crippen LogP contribution in [0.5, 0.6) is 5.75 Å². The lowest BCUT2D eigenvalue weighted by Gasteiger charge is -2.22. The average molecular weight is 356 g/mol. The van der Waals surface area contributed by atoms with Crippen LogP contribution in [-0.4, -0.2) is 16.4 Å². The summed E-state index contributed by atoms with van der Waals surface area (Å²) in [6, 6.07) is 11.2. The number of aromatic nitrogens is 2. The highest BCUT2D eigenvalue weighted by molar-refractivity contribution is 5.87. The fourth-order valence-corrected chi connectivity index (χ4v) is 3.09. The zero-order valence-corrected chi connectivity index (χ0v) is 13.9. The largest absolute Gasteiger partial charge is 0.489 e. The summed E-state index contributed by atoms with van der Waals surface area (Å²) >= 11 is 0. The molecule has 132 valence electrons. The number of aryl methyl sites for hydroxylation is 1. The molecule has 4 rings (SSSR count). The number of hydrogen-bond acceptors (Lipinski definition) is 2. The molecule has 0 spiro atoms. The normalized spacial score (nSPS) is 13.8. The molecule has 1 aliphatic rings. The lowest BCUT2D eigenvalue weighted by atomic mass is 9.92. The van der Waals surface area contributed by atoms with Gasteiger partial charge in [0.2, 0.25) is 0 Å². The minimum Gasteiger partial charge on any atom is -0.489 e. The van der Waals surface area contributed by atoms with Gasteiger partial charge in [-0.25, -0.2) is 4.68 Å².